The number of carbonyl (C=O) groups is 3. The van der Waals surface area contributed by atoms with Gasteiger partial charge in [-0.05, 0) is 60.5 Å². The van der Waals surface area contributed by atoms with Crippen LogP contribution in [0.15, 0.2) is 46.1 Å². The lowest BCUT2D eigenvalue weighted by molar-refractivity contribution is -0.127. The van der Waals surface area contributed by atoms with E-state index < -0.39 is 17.1 Å². The summed E-state index contributed by atoms with van der Waals surface area (Å²) in [5.41, 5.74) is 4.51. The fourth-order valence-corrected chi connectivity index (χ4v) is 4.57. The Morgan fingerprint density at radius 1 is 1.00 bits per heavy atom. The number of hydrogen-bond acceptors (Lipinski definition) is 5. The predicted octanol–water partition coefficient (Wildman–Crippen LogP) is 3.17. The van der Waals surface area contributed by atoms with Gasteiger partial charge in [-0.15, -0.1) is 0 Å². The van der Waals surface area contributed by atoms with E-state index in [2.05, 4.69) is 5.32 Å². The number of anilines is 1. The highest BCUT2D eigenvalue weighted by atomic mass is 32.2. The quantitative estimate of drug-likeness (QED) is 0.617. The first kappa shape index (κ1) is 21.6. The largest absolute Gasteiger partial charge is 0.328 e. The zero-order chi connectivity index (χ0) is 23.2. The second kappa shape index (κ2) is 8.16. The van der Waals surface area contributed by atoms with Crippen LogP contribution < -0.4 is 11.0 Å². The van der Waals surface area contributed by atoms with Gasteiger partial charge in [0, 0.05) is 19.8 Å². The van der Waals surface area contributed by atoms with Crippen LogP contribution >= 0.6 is 11.8 Å². The summed E-state index contributed by atoms with van der Waals surface area (Å²) in [5.74, 6) is -0.953. The number of thioether (sulfide) groups is 1. The van der Waals surface area contributed by atoms with Crippen LogP contribution in [0, 0.1) is 13.8 Å². The van der Waals surface area contributed by atoms with Crippen molar-refractivity contribution in [2.75, 3.05) is 11.9 Å². The van der Waals surface area contributed by atoms with Crippen molar-refractivity contribution in [2.24, 2.45) is 14.1 Å². The number of aryl methyl sites for hydroxylation is 4. The zero-order valence-electron chi connectivity index (χ0n) is 18.1. The lowest BCUT2D eigenvalue weighted by Gasteiger charge is -2.15. The summed E-state index contributed by atoms with van der Waals surface area (Å²) in [6.45, 7) is 3.40. The van der Waals surface area contributed by atoms with Crippen LogP contribution in [0.25, 0.3) is 17.1 Å². The molecule has 0 saturated carbocycles. The minimum atomic E-state index is -0.515. The number of nitrogens with zero attached hydrogens (tertiary/aromatic N) is 3. The maximum absolute atomic E-state index is 12.8. The lowest BCUT2D eigenvalue weighted by Crippen LogP contribution is -2.36. The predicted molar refractivity (Wildman–Crippen MR) is 125 cm³/mol. The van der Waals surface area contributed by atoms with Crippen LogP contribution in [-0.2, 0) is 23.7 Å². The molecule has 1 aromatic heterocycles. The SMILES string of the molecule is Cc1cccc(C)c1NC(=O)CN1C(=O)SC(=Cc2ccc3c(c2)n(C)c(=O)n3C)C1=O. The molecule has 0 aliphatic carbocycles. The van der Waals surface area contributed by atoms with Gasteiger partial charge < -0.3 is 5.32 Å². The molecule has 4 rings (SSSR count). The van der Waals surface area contributed by atoms with Gasteiger partial charge in [-0.1, -0.05) is 24.3 Å². The van der Waals surface area contributed by atoms with Crippen molar-refractivity contribution in [3.05, 3.63) is 68.5 Å². The molecule has 1 N–H and O–H groups in total. The van der Waals surface area contributed by atoms with E-state index in [1.807, 2.05) is 32.0 Å². The third-order valence-electron chi connectivity index (χ3n) is 5.51. The van der Waals surface area contributed by atoms with E-state index in [0.717, 1.165) is 38.8 Å². The van der Waals surface area contributed by atoms with Crippen molar-refractivity contribution in [1.29, 1.82) is 0 Å². The van der Waals surface area contributed by atoms with Crippen LogP contribution in [0.5, 0.6) is 0 Å². The van der Waals surface area contributed by atoms with E-state index in [1.165, 1.54) is 4.57 Å². The summed E-state index contributed by atoms with van der Waals surface area (Å²) in [7, 11) is 3.37. The summed E-state index contributed by atoms with van der Waals surface area (Å²) < 4.78 is 3.07. The van der Waals surface area contributed by atoms with Gasteiger partial charge in [-0.3, -0.25) is 28.4 Å². The molecule has 0 radical (unpaired) electrons. The number of fused-ring (bicyclic) bond motifs is 1. The third-order valence-corrected chi connectivity index (χ3v) is 6.42. The van der Waals surface area contributed by atoms with Crippen LogP contribution in [0.1, 0.15) is 16.7 Å². The standard InChI is InChI=1S/C23H22N4O4S/c1-13-6-5-7-14(2)20(13)24-19(28)12-27-21(29)18(32-23(27)31)11-15-8-9-16-17(10-15)26(4)22(30)25(16)3/h5-11H,12H2,1-4H3,(H,24,28). The van der Waals surface area contributed by atoms with E-state index in [4.69, 9.17) is 0 Å². The van der Waals surface area contributed by atoms with E-state index >= 15 is 0 Å². The Balaban J connectivity index is 1.54. The van der Waals surface area contributed by atoms with Crippen LogP contribution in [0.2, 0.25) is 0 Å². The molecular weight excluding hydrogens is 428 g/mol. The Labute approximate surface area is 188 Å². The van der Waals surface area contributed by atoms with E-state index in [9.17, 15) is 19.2 Å². The van der Waals surface area contributed by atoms with Crippen molar-refractivity contribution < 1.29 is 14.4 Å². The minimum absolute atomic E-state index is 0.146. The van der Waals surface area contributed by atoms with Gasteiger partial charge in [0.05, 0.1) is 15.9 Å². The number of nitrogens with one attached hydrogen (secondary N) is 1. The van der Waals surface area contributed by atoms with E-state index in [0.29, 0.717) is 11.3 Å². The monoisotopic (exact) mass is 450 g/mol. The molecule has 0 spiro atoms. The molecule has 1 aliphatic heterocycles. The molecule has 0 atom stereocenters. The van der Waals surface area contributed by atoms with Crippen LogP contribution in [-0.4, -0.2) is 37.6 Å². The number of rotatable bonds is 4. The number of carbonyl (C=O) groups excluding carboxylic acids is 3. The second-order valence-corrected chi connectivity index (χ2v) is 8.72. The minimum Gasteiger partial charge on any atom is -0.324 e. The van der Waals surface area contributed by atoms with Crippen molar-refractivity contribution in [3.8, 4) is 0 Å². The molecule has 2 heterocycles. The topological polar surface area (TPSA) is 93.4 Å². The lowest BCUT2D eigenvalue weighted by atomic mass is 10.1. The van der Waals surface area contributed by atoms with E-state index in [-0.39, 0.29) is 17.1 Å². The van der Waals surface area contributed by atoms with E-state index in [1.54, 1.807) is 42.9 Å². The number of imide groups is 1. The van der Waals surface area contributed by atoms with Gasteiger partial charge in [0.15, 0.2) is 0 Å². The zero-order valence-corrected chi connectivity index (χ0v) is 18.9. The van der Waals surface area contributed by atoms with Gasteiger partial charge in [0.2, 0.25) is 5.91 Å². The Hall–Kier alpha value is -3.59. The molecule has 1 aliphatic rings. The third kappa shape index (κ3) is 3.75. The normalized spacial score (nSPS) is 15.2. The highest BCUT2D eigenvalue weighted by Gasteiger charge is 2.36. The summed E-state index contributed by atoms with van der Waals surface area (Å²) in [5, 5.41) is 2.30. The van der Waals surface area contributed by atoms with Gasteiger partial charge in [0.1, 0.15) is 6.54 Å². The number of aromatic nitrogens is 2. The first-order valence-electron chi connectivity index (χ1n) is 9.94. The van der Waals surface area contributed by atoms with Crippen LogP contribution in [0.4, 0.5) is 10.5 Å². The Morgan fingerprint density at radius 2 is 1.66 bits per heavy atom. The summed E-state index contributed by atoms with van der Waals surface area (Å²) in [4.78, 5) is 51.0. The summed E-state index contributed by atoms with van der Waals surface area (Å²) >= 11 is 0.794. The highest BCUT2D eigenvalue weighted by Crippen LogP contribution is 2.32. The van der Waals surface area contributed by atoms with Gasteiger partial charge in [-0.25, -0.2) is 4.79 Å². The molecule has 3 aromatic rings. The van der Waals surface area contributed by atoms with Crippen molar-refractivity contribution in [3.63, 3.8) is 0 Å². The van der Waals surface area contributed by atoms with Crippen LogP contribution in [0.3, 0.4) is 0 Å². The molecule has 9 heteroatoms. The Kier molecular flexibility index (Phi) is 5.52. The van der Waals surface area contributed by atoms with Crippen molar-refractivity contribution in [2.45, 2.75) is 13.8 Å². The first-order chi connectivity index (χ1) is 15.2. The molecule has 2 aromatic carbocycles. The highest BCUT2D eigenvalue weighted by molar-refractivity contribution is 8.18. The molecule has 1 saturated heterocycles. The van der Waals surface area contributed by atoms with Gasteiger partial charge in [0.25, 0.3) is 11.1 Å². The first-order valence-corrected chi connectivity index (χ1v) is 10.8. The smallest absolute Gasteiger partial charge is 0.324 e. The average Bonchev–Trinajstić information content (AvgIpc) is 3.13. The molecule has 0 bridgehead atoms. The van der Waals surface area contributed by atoms with Gasteiger partial charge >= 0.3 is 5.69 Å². The number of amides is 3. The molecule has 3 amide bonds. The maximum atomic E-state index is 12.8. The Morgan fingerprint density at radius 3 is 2.34 bits per heavy atom. The molecule has 0 unspecified atom stereocenters. The molecule has 164 valence electrons. The fourth-order valence-electron chi connectivity index (χ4n) is 3.74. The number of imidazole rings is 1. The summed E-state index contributed by atoms with van der Waals surface area (Å²) in [6.07, 6.45) is 1.60. The molecule has 32 heavy (non-hydrogen) atoms. The number of benzene rings is 2. The number of hydrogen-bond donors (Lipinski definition) is 1. The van der Waals surface area contributed by atoms with Crippen molar-refractivity contribution >= 4 is 51.6 Å². The number of para-hydroxylation sites is 1. The summed E-state index contributed by atoms with van der Waals surface area (Å²) in [6, 6.07) is 11.0. The molecule has 1 fully saturated rings. The fraction of sp³-hybridized carbons (Fsp3) is 0.217. The van der Waals surface area contributed by atoms with Crippen molar-refractivity contribution in [1.82, 2.24) is 14.0 Å². The maximum Gasteiger partial charge on any atom is 0.328 e. The average molecular weight is 451 g/mol. The molecule has 8 nitrogen and oxygen atoms in total. The Bertz CT molecular complexity index is 1360. The van der Waals surface area contributed by atoms with Gasteiger partial charge in [-0.2, -0.15) is 0 Å². The molecular formula is C23H22N4O4S. The second-order valence-electron chi connectivity index (χ2n) is 7.73.